The number of carbonyl (C=O) groups is 1. The molecule has 0 heterocycles. The van der Waals surface area contributed by atoms with Gasteiger partial charge in [-0.2, -0.15) is 0 Å². The van der Waals surface area contributed by atoms with Crippen molar-refractivity contribution in [1.82, 2.24) is 0 Å². The summed E-state index contributed by atoms with van der Waals surface area (Å²) in [5, 5.41) is 6.58. The van der Waals surface area contributed by atoms with Crippen LogP contribution in [0.25, 0.3) is 0 Å². The Hall–Kier alpha value is -2.40. The number of rotatable bonds is 8. The summed E-state index contributed by atoms with van der Waals surface area (Å²) >= 11 is 6.33. The summed E-state index contributed by atoms with van der Waals surface area (Å²) in [5.74, 6) is 1.11. The van der Waals surface area contributed by atoms with E-state index in [1.54, 1.807) is 7.11 Å². The van der Waals surface area contributed by atoms with E-state index < -0.39 is 0 Å². The van der Waals surface area contributed by atoms with Gasteiger partial charge in [-0.3, -0.25) is 4.79 Å². The molecule has 2 aromatic rings. The molecule has 0 aliphatic carbocycles. The minimum absolute atomic E-state index is 0.0900. The SMILES string of the molecule is CCCOc1c(Cl)cc(CNc2ccc(NC(C)=O)cc2)cc1OC. The van der Waals surface area contributed by atoms with Gasteiger partial charge in [0.15, 0.2) is 11.5 Å². The van der Waals surface area contributed by atoms with Gasteiger partial charge in [-0.15, -0.1) is 0 Å². The van der Waals surface area contributed by atoms with Crippen molar-refractivity contribution in [2.45, 2.75) is 26.8 Å². The lowest BCUT2D eigenvalue weighted by Crippen LogP contribution is -2.06. The molecule has 2 rings (SSSR count). The first-order chi connectivity index (χ1) is 12.0. The molecule has 2 aromatic carbocycles. The van der Waals surface area contributed by atoms with E-state index in [0.29, 0.717) is 29.7 Å². The van der Waals surface area contributed by atoms with Gasteiger partial charge < -0.3 is 20.1 Å². The molecule has 0 fully saturated rings. The molecule has 2 N–H and O–H groups in total. The lowest BCUT2D eigenvalue weighted by Gasteiger charge is -2.14. The van der Waals surface area contributed by atoms with Crippen LogP contribution in [0.2, 0.25) is 5.02 Å². The molecule has 0 aliphatic rings. The molecule has 5 nitrogen and oxygen atoms in total. The van der Waals surface area contributed by atoms with Crippen molar-refractivity contribution in [3.8, 4) is 11.5 Å². The molecule has 1 amide bonds. The highest BCUT2D eigenvalue weighted by atomic mass is 35.5. The zero-order valence-corrected chi connectivity index (χ0v) is 15.4. The van der Waals surface area contributed by atoms with Crippen molar-refractivity contribution in [3.63, 3.8) is 0 Å². The van der Waals surface area contributed by atoms with E-state index in [0.717, 1.165) is 23.4 Å². The number of anilines is 2. The molecule has 0 bridgehead atoms. The summed E-state index contributed by atoms with van der Waals surface area (Å²) < 4.78 is 11.0. The highest BCUT2D eigenvalue weighted by Crippen LogP contribution is 2.36. The first-order valence-electron chi connectivity index (χ1n) is 8.14. The van der Waals surface area contributed by atoms with Crippen LogP contribution in [-0.4, -0.2) is 19.6 Å². The Morgan fingerprint density at radius 2 is 1.84 bits per heavy atom. The van der Waals surface area contributed by atoms with Crippen LogP contribution in [0.1, 0.15) is 25.8 Å². The Kier molecular flexibility index (Phi) is 6.95. The van der Waals surface area contributed by atoms with Crippen molar-refractivity contribution in [2.75, 3.05) is 24.4 Å². The summed E-state index contributed by atoms with van der Waals surface area (Å²) in [5.41, 5.74) is 2.69. The maximum atomic E-state index is 11.0. The van der Waals surface area contributed by atoms with Gasteiger partial charge in [0.1, 0.15) is 0 Å². The van der Waals surface area contributed by atoms with Crippen LogP contribution in [-0.2, 0) is 11.3 Å². The fourth-order valence-electron chi connectivity index (χ4n) is 2.30. The van der Waals surface area contributed by atoms with E-state index in [2.05, 4.69) is 10.6 Å². The third kappa shape index (κ3) is 5.57. The van der Waals surface area contributed by atoms with Crippen LogP contribution >= 0.6 is 11.6 Å². The Labute approximate surface area is 153 Å². The molecule has 0 saturated carbocycles. The van der Waals surface area contributed by atoms with Crippen LogP contribution in [0.3, 0.4) is 0 Å². The molecule has 25 heavy (non-hydrogen) atoms. The zero-order chi connectivity index (χ0) is 18.2. The van der Waals surface area contributed by atoms with Gasteiger partial charge >= 0.3 is 0 Å². The molecule has 0 aromatic heterocycles. The van der Waals surface area contributed by atoms with Gasteiger partial charge in [0.2, 0.25) is 5.91 Å². The number of carbonyl (C=O) groups excluding carboxylic acids is 1. The minimum atomic E-state index is -0.0900. The molecular weight excluding hydrogens is 340 g/mol. The maximum absolute atomic E-state index is 11.0. The van der Waals surface area contributed by atoms with E-state index in [9.17, 15) is 4.79 Å². The molecule has 0 spiro atoms. The fraction of sp³-hybridized carbons (Fsp3) is 0.316. The molecular formula is C19H23ClN2O3. The maximum Gasteiger partial charge on any atom is 0.221 e. The van der Waals surface area contributed by atoms with Crippen LogP contribution in [0, 0.1) is 0 Å². The fourth-order valence-corrected chi connectivity index (χ4v) is 2.59. The molecule has 134 valence electrons. The quantitative estimate of drug-likeness (QED) is 0.714. The highest BCUT2D eigenvalue weighted by Gasteiger charge is 2.12. The number of nitrogens with one attached hydrogen (secondary N) is 2. The van der Waals surface area contributed by atoms with Gasteiger partial charge in [0.05, 0.1) is 18.7 Å². The Balaban J connectivity index is 2.05. The van der Waals surface area contributed by atoms with Crippen molar-refractivity contribution in [2.24, 2.45) is 0 Å². The number of amides is 1. The van der Waals surface area contributed by atoms with E-state index in [-0.39, 0.29) is 5.91 Å². The number of methoxy groups -OCH3 is 1. The predicted octanol–water partition coefficient (Wildman–Crippen LogP) is 4.71. The Morgan fingerprint density at radius 1 is 1.16 bits per heavy atom. The van der Waals surface area contributed by atoms with Gasteiger partial charge in [0.25, 0.3) is 0 Å². The lowest BCUT2D eigenvalue weighted by atomic mass is 10.2. The van der Waals surface area contributed by atoms with E-state index >= 15 is 0 Å². The number of benzene rings is 2. The van der Waals surface area contributed by atoms with Gasteiger partial charge in [-0.25, -0.2) is 0 Å². The second kappa shape index (κ2) is 9.18. The van der Waals surface area contributed by atoms with E-state index in [4.69, 9.17) is 21.1 Å². The molecule has 6 heteroatoms. The summed E-state index contributed by atoms with van der Waals surface area (Å²) in [4.78, 5) is 11.0. The summed E-state index contributed by atoms with van der Waals surface area (Å²) in [6.07, 6.45) is 0.900. The van der Waals surface area contributed by atoms with Crippen molar-refractivity contribution in [3.05, 3.63) is 47.0 Å². The first kappa shape index (κ1) is 18.9. The number of hydrogen-bond donors (Lipinski definition) is 2. The van der Waals surface area contributed by atoms with Gasteiger partial charge in [-0.1, -0.05) is 18.5 Å². The summed E-state index contributed by atoms with van der Waals surface area (Å²) in [6, 6.07) is 11.3. The topological polar surface area (TPSA) is 59.6 Å². The first-order valence-corrected chi connectivity index (χ1v) is 8.52. The van der Waals surface area contributed by atoms with E-state index in [1.807, 2.05) is 43.3 Å². The molecule has 0 radical (unpaired) electrons. The van der Waals surface area contributed by atoms with Gasteiger partial charge in [-0.05, 0) is 48.4 Å². The predicted molar refractivity (Wildman–Crippen MR) is 102 cm³/mol. The summed E-state index contributed by atoms with van der Waals surface area (Å²) in [6.45, 7) is 4.70. The molecule has 0 saturated heterocycles. The third-order valence-electron chi connectivity index (χ3n) is 3.44. The number of ether oxygens (including phenoxy) is 2. The molecule has 0 atom stereocenters. The van der Waals surface area contributed by atoms with Crippen LogP contribution in [0.4, 0.5) is 11.4 Å². The average Bonchev–Trinajstić information content (AvgIpc) is 2.59. The normalized spacial score (nSPS) is 10.2. The smallest absolute Gasteiger partial charge is 0.221 e. The van der Waals surface area contributed by atoms with Crippen molar-refractivity contribution >= 4 is 28.9 Å². The second-order valence-electron chi connectivity index (χ2n) is 5.57. The number of hydrogen-bond acceptors (Lipinski definition) is 4. The monoisotopic (exact) mass is 362 g/mol. The third-order valence-corrected chi connectivity index (χ3v) is 3.72. The van der Waals surface area contributed by atoms with Crippen LogP contribution in [0.5, 0.6) is 11.5 Å². The molecule has 0 unspecified atom stereocenters. The highest BCUT2D eigenvalue weighted by molar-refractivity contribution is 6.32. The molecule has 0 aliphatic heterocycles. The largest absolute Gasteiger partial charge is 0.493 e. The average molecular weight is 363 g/mol. The lowest BCUT2D eigenvalue weighted by molar-refractivity contribution is -0.114. The minimum Gasteiger partial charge on any atom is -0.493 e. The zero-order valence-electron chi connectivity index (χ0n) is 14.7. The Morgan fingerprint density at radius 3 is 2.44 bits per heavy atom. The van der Waals surface area contributed by atoms with Crippen molar-refractivity contribution < 1.29 is 14.3 Å². The van der Waals surface area contributed by atoms with Crippen molar-refractivity contribution in [1.29, 1.82) is 0 Å². The van der Waals surface area contributed by atoms with Gasteiger partial charge in [0, 0.05) is 24.8 Å². The standard InChI is InChI=1S/C19H23ClN2O3/c1-4-9-25-19-17(20)10-14(11-18(19)24-3)12-21-15-5-7-16(8-6-15)22-13(2)23/h5-8,10-11,21H,4,9,12H2,1-3H3,(H,22,23). The number of halogens is 1. The van der Waals surface area contributed by atoms with Crippen LogP contribution in [0.15, 0.2) is 36.4 Å². The second-order valence-corrected chi connectivity index (χ2v) is 5.98. The van der Waals surface area contributed by atoms with Crippen LogP contribution < -0.4 is 20.1 Å². The van der Waals surface area contributed by atoms with E-state index in [1.165, 1.54) is 6.92 Å². The Bertz CT molecular complexity index is 717. The summed E-state index contributed by atoms with van der Waals surface area (Å²) in [7, 11) is 1.60.